The molecule has 27 heavy (non-hydrogen) atoms. The summed E-state index contributed by atoms with van der Waals surface area (Å²) in [7, 11) is 0. The number of rotatable bonds is 5. The molecule has 1 aliphatic carbocycles. The molecule has 1 aromatic rings. The zero-order valence-electron chi connectivity index (χ0n) is 16.1. The second-order valence-electron chi connectivity index (χ2n) is 7.71. The highest BCUT2D eigenvalue weighted by Crippen LogP contribution is 2.29. The Hall–Kier alpha value is -2.37. The van der Waals surface area contributed by atoms with E-state index in [2.05, 4.69) is 5.32 Å². The average molecular weight is 372 g/mol. The number of nitrogens with zero attached hydrogens (tertiary/aromatic N) is 1. The van der Waals surface area contributed by atoms with E-state index in [0.29, 0.717) is 6.54 Å². The highest BCUT2D eigenvalue weighted by molar-refractivity contribution is 5.94. The van der Waals surface area contributed by atoms with E-state index in [1.54, 1.807) is 0 Å². The van der Waals surface area contributed by atoms with Gasteiger partial charge in [-0.15, -0.1) is 0 Å². The van der Waals surface area contributed by atoms with Crippen molar-refractivity contribution in [1.82, 2.24) is 4.90 Å². The van der Waals surface area contributed by atoms with Gasteiger partial charge in [0.1, 0.15) is 0 Å². The monoisotopic (exact) mass is 372 g/mol. The minimum atomic E-state index is -0.465. The first-order chi connectivity index (χ1) is 12.9. The zero-order chi connectivity index (χ0) is 19.4. The maximum Gasteiger partial charge on any atom is 0.311 e. The van der Waals surface area contributed by atoms with Crippen LogP contribution in [0.1, 0.15) is 49.7 Å². The Bertz CT molecular complexity index is 725. The van der Waals surface area contributed by atoms with Gasteiger partial charge < -0.3 is 15.0 Å². The van der Waals surface area contributed by atoms with Crippen molar-refractivity contribution in [2.24, 2.45) is 5.92 Å². The molecule has 1 N–H and O–H groups in total. The molecule has 0 aromatic heterocycles. The molecule has 0 radical (unpaired) electrons. The first kappa shape index (κ1) is 19.4. The summed E-state index contributed by atoms with van der Waals surface area (Å²) in [4.78, 5) is 38.5. The molecule has 2 fully saturated rings. The van der Waals surface area contributed by atoms with Gasteiger partial charge in [-0.3, -0.25) is 14.4 Å². The molecule has 2 amide bonds. The Morgan fingerprint density at radius 3 is 2.67 bits per heavy atom. The number of nitrogens with one attached hydrogen (secondary N) is 1. The van der Waals surface area contributed by atoms with Gasteiger partial charge in [-0.05, 0) is 43.9 Å². The first-order valence-electron chi connectivity index (χ1n) is 9.77. The molecule has 6 heteroatoms. The summed E-state index contributed by atoms with van der Waals surface area (Å²) < 4.78 is 5.18. The van der Waals surface area contributed by atoms with E-state index >= 15 is 0 Å². The lowest BCUT2D eigenvalue weighted by molar-refractivity contribution is -0.151. The molecule has 1 saturated heterocycles. The maximum absolute atomic E-state index is 12.3. The van der Waals surface area contributed by atoms with Gasteiger partial charge in [0.25, 0.3) is 5.91 Å². The number of anilines is 1. The quantitative estimate of drug-likeness (QED) is 0.806. The van der Waals surface area contributed by atoms with Crippen LogP contribution in [0, 0.1) is 19.8 Å². The van der Waals surface area contributed by atoms with Crippen molar-refractivity contribution >= 4 is 23.5 Å². The Kier molecular flexibility index (Phi) is 6.14. The van der Waals surface area contributed by atoms with Crippen molar-refractivity contribution in [3.8, 4) is 0 Å². The summed E-state index contributed by atoms with van der Waals surface area (Å²) in [5.74, 6) is -1.26. The normalized spacial score (nSPS) is 20.6. The number of hydrogen-bond acceptors (Lipinski definition) is 4. The van der Waals surface area contributed by atoms with Crippen LogP contribution in [0.15, 0.2) is 18.2 Å². The summed E-state index contributed by atoms with van der Waals surface area (Å²) in [6.45, 7) is 3.94. The van der Waals surface area contributed by atoms with Crippen LogP contribution in [0.4, 0.5) is 5.69 Å². The Morgan fingerprint density at radius 1 is 1.19 bits per heavy atom. The molecule has 1 unspecified atom stereocenters. The van der Waals surface area contributed by atoms with Gasteiger partial charge in [0.15, 0.2) is 6.61 Å². The molecule has 3 rings (SSSR count). The number of ether oxygens (including phenoxy) is 1. The van der Waals surface area contributed by atoms with Crippen molar-refractivity contribution < 1.29 is 19.1 Å². The third-order valence-electron chi connectivity index (χ3n) is 5.52. The van der Waals surface area contributed by atoms with Gasteiger partial charge in [-0.25, -0.2) is 0 Å². The standard InChI is InChI=1S/C21H28N2O4/c1-14-8-9-15(2)18(10-14)22-19(24)13-27-21(26)16-11-20(25)23(12-16)17-6-4-3-5-7-17/h8-10,16-17H,3-7,11-13H2,1-2H3,(H,22,24). The molecule has 2 aliphatic rings. The zero-order valence-corrected chi connectivity index (χ0v) is 16.1. The highest BCUT2D eigenvalue weighted by atomic mass is 16.5. The van der Waals surface area contributed by atoms with Gasteiger partial charge in [-0.2, -0.15) is 0 Å². The van der Waals surface area contributed by atoms with Crippen LogP contribution in [0.5, 0.6) is 0 Å². The summed E-state index contributed by atoms with van der Waals surface area (Å²) >= 11 is 0. The minimum Gasteiger partial charge on any atom is -0.455 e. The molecule has 1 saturated carbocycles. The van der Waals surface area contributed by atoms with E-state index in [4.69, 9.17) is 4.74 Å². The van der Waals surface area contributed by atoms with E-state index in [1.807, 2.05) is 36.9 Å². The molecular weight excluding hydrogens is 344 g/mol. The number of hydrogen-bond donors (Lipinski definition) is 1. The molecule has 0 bridgehead atoms. The van der Waals surface area contributed by atoms with Crippen molar-refractivity contribution in [2.45, 2.75) is 58.4 Å². The van der Waals surface area contributed by atoms with Crippen molar-refractivity contribution in [2.75, 3.05) is 18.5 Å². The molecule has 1 atom stereocenters. The number of benzene rings is 1. The maximum atomic E-state index is 12.3. The van der Waals surface area contributed by atoms with E-state index in [1.165, 1.54) is 6.42 Å². The van der Waals surface area contributed by atoms with Gasteiger partial charge in [0.05, 0.1) is 5.92 Å². The lowest BCUT2D eigenvalue weighted by Crippen LogP contribution is -2.38. The van der Waals surface area contributed by atoms with Gasteiger partial charge in [0.2, 0.25) is 5.91 Å². The molecule has 6 nitrogen and oxygen atoms in total. The van der Waals surface area contributed by atoms with Crippen LogP contribution in [0.25, 0.3) is 0 Å². The lowest BCUT2D eigenvalue weighted by atomic mass is 9.94. The van der Waals surface area contributed by atoms with Crippen LogP contribution in [0.2, 0.25) is 0 Å². The first-order valence-corrected chi connectivity index (χ1v) is 9.77. The van der Waals surface area contributed by atoms with Gasteiger partial charge in [-0.1, -0.05) is 31.4 Å². The van der Waals surface area contributed by atoms with Crippen LogP contribution in [-0.2, 0) is 19.1 Å². The largest absolute Gasteiger partial charge is 0.455 e. The molecule has 0 spiro atoms. The summed E-state index contributed by atoms with van der Waals surface area (Å²) in [5, 5.41) is 2.77. The Morgan fingerprint density at radius 2 is 1.93 bits per heavy atom. The Balaban J connectivity index is 1.48. The van der Waals surface area contributed by atoms with E-state index in [9.17, 15) is 14.4 Å². The fourth-order valence-corrected chi connectivity index (χ4v) is 3.95. The predicted octanol–water partition coefficient (Wildman–Crippen LogP) is 2.97. The molecule has 1 aromatic carbocycles. The third kappa shape index (κ3) is 4.87. The summed E-state index contributed by atoms with van der Waals surface area (Å²) in [6, 6.07) is 6.05. The number of likely N-dealkylation sites (tertiary alicyclic amines) is 1. The van der Waals surface area contributed by atoms with E-state index < -0.39 is 11.9 Å². The highest BCUT2D eigenvalue weighted by Gasteiger charge is 2.39. The number of amides is 2. The smallest absolute Gasteiger partial charge is 0.311 e. The predicted molar refractivity (Wildman–Crippen MR) is 102 cm³/mol. The summed E-state index contributed by atoms with van der Waals surface area (Å²) in [5.41, 5.74) is 2.71. The van der Waals surface area contributed by atoms with Crippen LogP contribution in [0.3, 0.4) is 0 Å². The Labute approximate surface area is 160 Å². The summed E-state index contributed by atoms with van der Waals surface area (Å²) in [6.07, 6.45) is 5.73. The van der Waals surface area contributed by atoms with Crippen LogP contribution < -0.4 is 5.32 Å². The molecule has 1 aliphatic heterocycles. The molecular formula is C21H28N2O4. The van der Waals surface area contributed by atoms with E-state index in [0.717, 1.165) is 42.5 Å². The van der Waals surface area contributed by atoms with Gasteiger partial charge >= 0.3 is 5.97 Å². The van der Waals surface area contributed by atoms with E-state index in [-0.39, 0.29) is 30.9 Å². The lowest BCUT2D eigenvalue weighted by Gasteiger charge is -2.31. The number of carbonyl (C=O) groups is 3. The van der Waals surface area contributed by atoms with Crippen molar-refractivity contribution in [1.29, 1.82) is 0 Å². The topological polar surface area (TPSA) is 75.7 Å². The molecule has 146 valence electrons. The minimum absolute atomic E-state index is 0.0312. The third-order valence-corrected chi connectivity index (χ3v) is 5.52. The number of aryl methyl sites for hydroxylation is 2. The average Bonchev–Trinajstić information content (AvgIpc) is 3.05. The van der Waals surface area contributed by atoms with Gasteiger partial charge in [0, 0.05) is 24.7 Å². The SMILES string of the molecule is Cc1ccc(C)c(NC(=O)COC(=O)C2CC(=O)N(C3CCCCC3)C2)c1. The molecule has 1 heterocycles. The van der Waals surface area contributed by atoms with Crippen LogP contribution >= 0.6 is 0 Å². The van der Waals surface area contributed by atoms with Crippen LogP contribution in [-0.4, -0.2) is 41.9 Å². The second kappa shape index (κ2) is 8.55. The number of carbonyl (C=O) groups excluding carboxylic acids is 3. The fraction of sp³-hybridized carbons (Fsp3) is 0.571. The van der Waals surface area contributed by atoms with Crippen molar-refractivity contribution in [3.63, 3.8) is 0 Å². The van der Waals surface area contributed by atoms with Crippen molar-refractivity contribution in [3.05, 3.63) is 29.3 Å². The fourth-order valence-electron chi connectivity index (χ4n) is 3.95. The second-order valence-corrected chi connectivity index (χ2v) is 7.71. The number of esters is 1.